The first-order valence-corrected chi connectivity index (χ1v) is 6.30. The number of rotatable bonds is 5. The summed E-state index contributed by atoms with van der Waals surface area (Å²) < 4.78 is 23.7. The van der Waals surface area contributed by atoms with E-state index < -0.39 is 10.0 Å². The highest BCUT2D eigenvalue weighted by molar-refractivity contribution is 7.88. The lowest BCUT2D eigenvalue weighted by Crippen LogP contribution is -2.49. The normalized spacial score (nSPS) is 28.5. The molecule has 13 heavy (non-hydrogen) atoms. The summed E-state index contributed by atoms with van der Waals surface area (Å²) in [6, 6.07) is 0.816. The monoisotopic (exact) mass is 207 g/mol. The van der Waals surface area contributed by atoms with E-state index in [0.717, 1.165) is 19.1 Å². The summed E-state index contributed by atoms with van der Waals surface area (Å²) >= 11 is 0. The predicted molar refractivity (Wildman–Crippen MR) is 51.8 cm³/mol. The van der Waals surface area contributed by atoms with Gasteiger partial charge in [-0.3, -0.25) is 0 Å². The van der Waals surface area contributed by atoms with Crippen molar-refractivity contribution in [1.29, 1.82) is 0 Å². The SMILES string of the molecule is CS(=O)(=O)NCCNC1CC(N)C1. The molecule has 1 aliphatic carbocycles. The molecule has 0 bridgehead atoms. The third-order valence-electron chi connectivity index (χ3n) is 2.10. The second-order valence-electron chi connectivity index (χ2n) is 3.55. The van der Waals surface area contributed by atoms with E-state index in [4.69, 9.17) is 5.73 Å². The van der Waals surface area contributed by atoms with Gasteiger partial charge in [-0.2, -0.15) is 0 Å². The van der Waals surface area contributed by atoms with Crippen LogP contribution in [0.3, 0.4) is 0 Å². The Morgan fingerprint density at radius 2 is 2.00 bits per heavy atom. The fourth-order valence-corrected chi connectivity index (χ4v) is 1.81. The third kappa shape index (κ3) is 4.56. The summed E-state index contributed by atoms with van der Waals surface area (Å²) in [5.41, 5.74) is 5.59. The van der Waals surface area contributed by atoms with Gasteiger partial charge in [0, 0.05) is 25.2 Å². The molecule has 0 heterocycles. The highest BCUT2D eigenvalue weighted by Gasteiger charge is 2.24. The van der Waals surface area contributed by atoms with Gasteiger partial charge >= 0.3 is 0 Å². The Hall–Kier alpha value is -0.170. The largest absolute Gasteiger partial charge is 0.328 e. The van der Waals surface area contributed by atoms with E-state index in [-0.39, 0.29) is 0 Å². The van der Waals surface area contributed by atoms with Crippen molar-refractivity contribution >= 4 is 10.0 Å². The van der Waals surface area contributed by atoms with Crippen LogP contribution in [-0.4, -0.2) is 39.8 Å². The topological polar surface area (TPSA) is 84.2 Å². The van der Waals surface area contributed by atoms with Crippen LogP contribution in [0, 0.1) is 0 Å². The summed E-state index contributed by atoms with van der Waals surface area (Å²) in [4.78, 5) is 0. The van der Waals surface area contributed by atoms with Crippen LogP contribution in [0.5, 0.6) is 0 Å². The molecular weight excluding hydrogens is 190 g/mol. The third-order valence-corrected chi connectivity index (χ3v) is 2.83. The molecule has 6 heteroatoms. The summed E-state index contributed by atoms with van der Waals surface area (Å²) in [6.45, 7) is 1.12. The number of nitrogens with one attached hydrogen (secondary N) is 2. The van der Waals surface area contributed by atoms with Gasteiger partial charge in [0.25, 0.3) is 0 Å². The Labute approximate surface area is 79.1 Å². The molecule has 0 radical (unpaired) electrons. The molecule has 0 aromatic heterocycles. The van der Waals surface area contributed by atoms with E-state index in [2.05, 4.69) is 10.0 Å². The molecule has 0 atom stereocenters. The molecule has 0 aromatic rings. The van der Waals surface area contributed by atoms with Crippen molar-refractivity contribution in [3.8, 4) is 0 Å². The molecule has 78 valence electrons. The van der Waals surface area contributed by atoms with Gasteiger partial charge < -0.3 is 11.1 Å². The summed E-state index contributed by atoms with van der Waals surface area (Å²) in [5, 5.41) is 3.22. The van der Waals surface area contributed by atoms with E-state index in [0.29, 0.717) is 25.2 Å². The quantitative estimate of drug-likeness (QED) is 0.485. The lowest BCUT2D eigenvalue weighted by Gasteiger charge is -2.33. The highest BCUT2D eigenvalue weighted by atomic mass is 32.2. The minimum Gasteiger partial charge on any atom is -0.328 e. The van der Waals surface area contributed by atoms with Crippen molar-refractivity contribution in [2.24, 2.45) is 5.73 Å². The first-order valence-electron chi connectivity index (χ1n) is 4.41. The Morgan fingerprint density at radius 1 is 1.38 bits per heavy atom. The molecule has 1 fully saturated rings. The van der Waals surface area contributed by atoms with E-state index in [1.807, 2.05) is 0 Å². The van der Waals surface area contributed by atoms with Crippen LogP contribution in [0.2, 0.25) is 0 Å². The van der Waals surface area contributed by atoms with Gasteiger partial charge in [0.15, 0.2) is 0 Å². The standard InChI is InChI=1S/C7H17N3O2S/c1-13(11,12)10-3-2-9-7-4-6(8)5-7/h6-7,9-10H,2-5,8H2,1H3. The maximum atomic E-state index is 10.7. The van der Waals surface area contributed by atoms with Crippen LogP contribution < -0.4 is 15.8 Å². The molecule has 1 rings (SSSR count). The molecular formula is C7H17N3O2S. The lowest BCUT2D eigenvalue weighted by atomic mass is 9.88. The van der Waals surface area contributed by atoms with Crippen LogP contribution in [0.1, 0.15) is 12.8 Å². The fraction of sp³-hybridized carbons (Fsp3) is 1.00. The number of hydrogen-bond donors (Lipinski definition) is 3. The van der Waals surface area contributed by atoms with Gasteiger partial charge in [0.2, 0.25) is 10.0 Å². The van der Waals surface area contributed by atoms with Crippen LogP contribution in [-0.2, 0) is 10.0 Å². The minimum absolute atomic E-state index is 0.334. The maximum absolute atomic E-state index is 10.7. The number of sulfonamides is 1. The van der Waals surface area contributed by atoms with E-state index in [9.17, 15) is 8.42 Å². The van der Waals surface area contributed by atoms with Gasteiger partial charge in [0.05, 0.1) is 6.26 Å². The van der Waals surface area contributed by atoms with Crippen LogP contribution >= 0.6 is 0 Å². The number of hydrogen-bond acceptors (Lipinski definition) is 4. The zero-order valence-corrected chi connectivity index (χ0v) is 8.60. The van der Waals surface area contributed by atoms with Crippen molar-refractivity contribution in [2.45, 2.75) is 24.9 Å². The molecule has 1 aliphatic rings. The summed E-state index contributed by atoms with van der Waals surface area (Å²) in [7, 11) is -3.04. The van der Waals surface area contributed by atoms with Gasteiger partial charge in [0.1, 0.15) is 0 Å². The molecule has 0 amide bonds. The lowest BCUT2D eigenvalue weighted by molar-refractivity contribution is 0.294. The Morgan fingerprint density at radius 3 is 2.46 bits per heavy atom. The van der Waals surface area contributed by atoms with E-state index in [1.165, 1.54) is 0 Å². The molecule has 0 aliphatic heterocycles. The van der Waals surface area contributed by atoms with Crippen molar-refractivity contribution < 1.29 is 8.42 Å². The average Bonchev–Trinajstić information content (AvgIpc) is 1.91. The fourth-order valence-electron chi connectivity index (χ4n) is 1.34. The van der Waals surface area contributed by atoms with E-state index in [1.54, 1.807) is 0 Å². The van der Waals surface area contributed by atoms with Crippen molar-refractivity contribution in [2.75, 3.05) is 19.3 Å². The zero-order valence-electron chi connectivity index (χ0n) is 7.79. The first-order chi connectivity index (χ1) is 5.97. The highest BCUT2D eigenvalue weighted by Crippen LogP contribution is 2.16. The predicted octanol–water partition coefficient (Wildman–Crippen LogP) is -1.39. The second-order valence-corrected chi connectivity index (χ2v) is 5.38. The van der Waals surface area contributed by atoms with Gasteiger partial charge in [-0.25, -0.2) is 13.1 Å². The number of nitrogens with two attached hydrogens (primary N) is 1. The molecule has 4 N–H and O–H groups in total. The molecule has 0 saturated heterocycles. The smallest absolute Gasteiger partial charge is 0.208 e. The Bertz CT molecular complexity index is 246. The van der Waals surface area contributed by atoms with Crippen LogP contribution in [0.25, 0.3) is 0 Å². The Kier molecular flexibility index (Phi) is 3.66. The van der Waals surface area contributed by atoms with Crippen molar-refractivity contribution in [3.05, 3.63) is 0 Å². The maximum Gasteiger partial charge on any atom is 0.208 e. The van der Waals surface area contributed by atoms with Gasteiger partial charge in [-0.1, -0.05) is 0 Å². The van der Waals surface area contributed by atoms with Gasteiger partial charge in [-0.05, 0) is 12.8 Å². The zero-order chi connectivity index (χ0) is 9.90. The summed E-state index contributed by atoms with van der Waals surface area (Å²) in [5.74, 6) is 0. The summed E-state index contributed by atoms with van der Waals surface area (Å²) in [6.07, 6.45) is 3.16. The Balaban J connectivity index is 1.96. The van der Waals surface area contributed by atoms with Crippen molar-refractivity contribution in [3.63, 3.8) is 0 Å². The molecule has 0 unspecified atom stereocenters. The van der Waals surface area contributed by atoms with Crippen LogP contribution in [0.4, 0.5) is 0 Å². The molecule has 5 nitrogen and oxygen atoms in total. The second kappa shape index (κ2) is 4.36. The van der Waals surface area contributed by atoms with Gasteiger partial charge in [-0.15, -0.1) is 0 Å². The molecule has 0 spiro atoms. The first kappa shape index (κ1) is 10.9. The molecule has 1 saturated carbocycles. The average molecular weight is 207 g/mol. The minimum atomic E-state index is -3.04. The van der Waals surface area contributed by atoms with Crippen LogP contribution in [0.15, 0.2) is 0 Å². The molecule has 0 aromatic carbocycles. The van der Waals surface area contributed by atoms with E-state index >= 15 is 0 Å². The van der Waals surface area contributed by atoms with Crippen molar-refractivity contribution in [1.82, 2.24) is 10.0 Å².